The number of nitrogens with two attached hydrogens (primary N) is 1. The van der Waals surface area contributed by atoms with Crippen LogP contribution in [-0.4, -0.2) is 108 Å². The molecule has 3 saturated carbocycles. The number of ether oxygens (including phenoxy) is 7. The van der Waals surface area contributed by atoms with Gasteiger partial charge in [0.1, 0.15) is 41.7 Å². The summed E-state index contributed by atoms with van der Waals surface area (Å²) < 4.78 is 36.5. The third-order valence-corrected chi connectivity index (χ3v) is 11.2. The Balaban J connectivity index is 0.000000329. The van der Waals surface area contributed by atoms with E-state index in [0.717, 1.165) is 53.5 Å². The van der Waals surface area contributed by atoms with Gasteiger partial charge in [0.25, 0.3) is 0 Å². The van der Waals surface area contributed by atoms with Crippen molar-refractivity contribution in [2.24, 2.45) is 23.5 Å². The van der Waals surface area contributed by atoms with Crippen molar-refractivity contribution in [1.29, 1.82) is 0 Å². The third kappa shape index (κ3) is 23.4. The van der Waals surface area contributed by atoms with E-state index >= 15 is 0 Å². The molecule has 0 heterocycles. The lowest BCUT2D eigenvalue weighted by Gasteiger charge is -2.19. The van der Waals surface area contributed by atoms with Crippen molar-refractivity contribution in [3.8, 4) is 17.2 Å². The molecule has 13 nitrogen and oxygen atoms in total. The van der Waals surface area contributed by atoms with E-state index in [1.54, 1.807) is 39.5 Å². The second kappa shape index (κ2) is 29.8. The first-order valence-corrected chi connectivity index (χ1v) is 23.9. The minimum absolute atomic E-state index is 0. The second-order valence-electron chi connectivity index (χ2n) is 18.2. The summed E-state index contributed by atoms with van der Waals surface area (Å²) in [7, 11) is 4.94. The summed E-state index contributed by atoms with van der Waals surface area (Å²) in [4.78, 5) is 23.3. The number of aromatic hydroxyl groups is 1. The van der Waals surface area contributed by atoms with Crippen LogP contribution in [0.5, 0.6) is 17.2 Å². The van der Waals surface area contributed by atoms with Crippen molar-refractivity contribution in [2.45, 2.75) is 89.8 Å². The molecule has 3 aromatic carbocycles. The fourth-order valence-electron chi connectivity index (χ4n) is 6.90. The maximum absolute atomic E-state index is 11.7. The highest BCUT2D eigenvalue weighted by molar-refractivity contribution is 6.31. The summed E-state index contributed by atoms with van der Waals surface area (Å²) in [5.41, 5.74) is 7.84. The normalized spacial score (nSPS) is 19.8. The van der Waals surface area contributed by atoms with Crippen LogP contribution in [0, 0.1) is 17.8 Å². The van der Waals surface area contributed by atoms with E-state index in [9.17, 15) is 14.7 Å². The maximum atomic E-state index is 11.7. The summed E-state index contributed by atoms with van der Waals surface area (Å²) >= 11 is 23.3. The highest BCUT2D eigenvalue weighted by atomic mass is 35.5. The van der Waals surface area contributed by atoms with Gasteiger partial charge in [0.05, 0.1) is 19.8 Å². The van der Waals surface area contributed by atoms with Gasteiger partial charge in [0.15, 0.2) is 0 Å². The monoisotopic (exact) mass is 1040 g/mol. The van der Waals surface area contributed by atoms with E-state index < -0.39 is 17.3 Å². The number of carbonyl (C=O) groups excluding carboxylic acids is 2. The predicted molar refractivity (Wildman–Crippen MR) is 271 cm³/mol. The molecule has 67 heavy (non-hydrogen) atoms. The molecular weight excluding hydrogens is 968 g/mol. The first-order valence-electron chi connectivity index (χ1n) is 22.2. The van der Waals surface area contributed by atoms with Crippen LogP contribution < -0.4 is 25.8 Å². The molecule has 6 unspecified atom stereocenters. The van der Waals surface area contributed by atoms with Gasteiger partial charge in [-0.25, -0.2) is 9.59 Å². The van der Waals surface area contributed by atoms with Gasteiger partial charge >= 0.3 is 12.2 Å². The first-order chi connectivity index (χ1) is 31.2. The molecule has 18 heteroatoms. The summed E-state index contributed by atoms with van der Waals surface area (Å²) in [6.07, 6.45) is 2.28. The number of amides is 2. The molecule has 3 aliphatic rings. The minimum atomic E-state index is -0.488. The van der Waals surface area contributed by atoms with Crippen molar-refractivity contribution < 1.29 is 47.9 Å². The molecule has 0 radical (unpaired) electrons. The molecule has 0 aliphatic heterocycles. The van der Waals surface area contributed by atoms with E-state index in [2.05, 4.69) is 15.4 Å². The molecule has 0 aromatic heterocycles. The van der Waals surface area contributed by atoms with Crippen LogP contribution in [-0.2, 0) is 23.7 Å². The van der Waals surface area contributed by atoms with Crippen LogP contribution in [0.4, 0.5) is 9.59 Å². The van der Waals surface area contributed by atoms with Gasteiger partial charge in [-0.05, 0) is 174 Å². The molecule has 6 atom stereocenters. The molecule has 3 aromatic rings. The third-order valence-electron chi connectivity index (χ3n) is 10.4. The van der Waals surface area contributed by atoms with Crippen LogP contribution in [0.1, 0.15) is 95.2 Å². The summed E-state index contributed by atoms with van der Waals surface area (Å²) in [5, 5.41) is 17.5. The largest absolute Gasteiger partial charge is 0.508 e. The van der Waals surface area contributed by atoms with Crippen LogP contribution in [0.15, 0.2) is 54.6 Å². The first kappa shape index (κ1) is 60.0. The number of nitrogens with one attached hydrogen (secondary N) is 2. The Kier molecular flexibility index (Phi) is 26.7. The van der Waals surface area contributed by atoms with Crippen molar-refractivity contribution in [2.75, 3.05) is 79.9 Å². The smallest absolute Gasteiger partial charge is 0.407 e. The quantitative estimate of drug-likeness (QED) is 0.0707. The number of hydrogen-bond acceptors (Lipinski definition) is 11. The van der Waals surface area contributed by atoms with Crippen LogP contribution in [0.2, 0.25) is 15.1 Å². The molecule has 0 spiro atoms. The van der Waals surface area contributed by atoms with Gasteiger partial charge in [0.2, 0.25) is 0 Å². The van der Waals surface area contributed by atoms with E-state index in [1.165, 1.54) is 5.56 Å². The van der Waals surface area contributed by atoms with Gasteiger partial charge in [-0.1, -0.05) is 34.8 Å². The van der Waals surface area contributed by atoms with E-state index in [0.29, 0.717) is 91.6 Å². The Morgan fingerprint density at radius 2 is 0.985 bits per heavy atom. The summed E-state index contributed by atoms with van der Waals surface area (Å²) in [6.45, 7) is 15.7. The SMILES string of the molecule is CC(C)(C)OC(=O)NCC1CC1c1cc(Cl)ccc1O.COCCCl.COCCOc1ccc(Cl)cc1C1CC1CN.COCCOc1ccc(Cl)cc1C1CC1CNC(=O)OC(C)(C)C.Cl. The van der Waals surface area contributed by atoms with Crippen molar-refractivity contribution in [3.05, 3.63) is 86.4 Å². The Bertz CT molecular complexity index is 1950. The second-order valence-corrected chi connectivity index (χ2v) is 19.9. The highest BCUT2D eigenvalue weighted by Gasteiger charge is 2.42. The minimum Gasteiger partial charge on any atom is -0.508 e. The number of phenols is 1. The Labute approximate surface area is 424 Å². The Hall–Kier alpha value is -3.11. The molecule has 0 bridgehead atoms. The van der Waals surface area contributed by atoms with Gasteiger partial charge in [-0.3, -0.25) is 0 Å². The number of methoxy groups -OCH3 is 3. The molecule has 2 amide bonds. The number of benzene rings is 3. The average molecular weight is 1040 g/mol. The fraction of sp³-hybridized carbons (Fsp3) is 0.592. The maximum Gasteiger partial charge on any atom is 0.407 e. The fourth-order valence-corrected chi connectivity index (χ4v) is 7.60. The average Bonchev–Trinajstić information content (AvgIpc) is 4.14. The van der Waals surface area contributed by atoms with Crippen LogP contribution in [0.3, 0.4) is 0 Å². The standard InChI is InChI=1S/C18H26ClNO4.C15H20ClNO3.C13H18ClNO2.C3H7ClO.ClH/c1-18(2,3)24-17(21)20-11-12-9-14(12)15-10-13(19)5-6-16(15)23-8-7-22-4;1-15(2,3)20-14(19)17-8-9-6-11(9)12-7-10(16)4-5-13(12)18;1-16-4-5-17-13-3-2-10(14)7-12(13)11-6-9(11)8-15;1-5-3-2-4;/h5-6,10,12,14H,7-9,11H2,1-4H3,(H,20,21);4-5,7,9,11,18H,6,8H2,1-3H3,(H,17,19);2-3,7,9,11H,4-6,8,15H2,1H3;2-3H2,1H3;1H. The summed E-state index contributed by atoms with van der Waals surface area (Å²) in [6, 6.07) is 16.5. The highest BCUT2D eigenvalue weighted by Crippen LogP contribution is 2.52. The molecule has 3 fully saturated rings. The van der Waals surface area contributed by atoms with Gasteiger partial charge < -0.3 is 54.6 Å². The lowest BCUT2D eigenvalue weighted by Crippen LogP contribution is -2.33. The zero-order chi connectivity index (χ0) is 49.0. The Morgan fingerprint density at radius 1 is 0.612 bits per heavy atom. The van der Waals surface area contributed by atoms with Crippen molar-refractivity contribution >= 4 is 71.0 Å². The molecule has 378 valence electrons. The predicted octanol–water partition coefficient (Wildman–Crippen LogP) is 11.4. The van der Waals surface area contributed by atoms with Gasteiger partial charge in [0, 0.05) is 55.4 Å². The zero-order valence-electron chi connectivity index (χ0n) is 40.3. The molecule has 5 N–H and O–H groups in total. The van der Waals surface area contributed by atoms with Gasteiger partial charge in [-0.2, -0.15) is 0 Å². The lowest BCUT2D eigenvalue weighted by atomic mass is 10.1. The number of alkyl carbamates (subject to hydrolysis) is 2. The topological polar surface area (TPSA) is 169 Å². The Morgan fingerprint density at radius 3 is 1.34 bits per heavy atom. The number of halogens is 5. The number of carbonyl (C=O) groups is 2. The lowest BCUT2D eigenvalue weighted by molar-refractivity contribution is 0.0513. The zero-order valence-corrected chi connectivity index (χ0v) is 44.1. The van der Waals surface area contributed by atoms with Crippen molar-refractivity contribution in [3.63, 3.8) is 0 Å². The number of hydrogen-bond donors (Lipinski definition) is 4. The molecular formula is C49H72Cl5N3O10. The molecule has 6 rings (SSSR count). The van der Waals surface area contributed by atoms with E-state index in [1.807, 2.05) is 77.9 Å². The molecule has 0 saturated heterocycles. The molecule has 3 aliphatic carbocycles. The van der Waals surface area contributed by atoms with Crippen molar-refractivity contribution in [1.82, 2.24) is 10.6 Å². The van der Waals surface area contributed by atoms with Crippen LogP contribution in [0.25, 0.3) is 0 Å². The number of phenolic OH excluding ortho intramolecular Hbond substituents is 1. The summed E-state index contributed by atoms with van der Waals surface area (Å²) in [5.74, 6) is 4.99. The number of alkyl halides is 1. The van der Waals surface area contributed by atoms with Gasteiger partial charge in [-0.15, -0.1) is 24.0 Å². The van der Waals surface area contributed by atoms with E-state index in [-0.39, 0.29) is 30.2 Å². The number of rotatable bonds is 18. The van der Waals surface area contributed by atoms with E-state index in [4.69, 9.17) is 80.6 Å². The van der Waals surface area contributed by atoms with Crippen LogP contribution >= 0.6 is 58.8 Å².